The molecule has 6 fully saturated rings. The maximum absolute atomic E-state index is 2.93. The summed E-state index contributed by atoms with van der Waals surface area (Å²) < 4.78 is 0. The number of rotatable bonds is 6. The van der Waals surface area contributed by atoms with Crippen LogP contribution in [0.5, 0.6) is 0 Å². The van der Waals surface area contributed by atoms with Gasteiger partial charge in [0.05, 0.1) is 16.1 Å². The molecule has 0 aromatic heterocycles. The summed E-state index contributed by atoms with van der Waals surface area (Å²) in [5.74, 6) is 16.6. The topological polar surface area (TPSA) is 0 Å². The van der Waals surface area contributed by atoms with Crippen LogP contribution in [0, 0.1) is 101 Å². The number of fused-ring (bicyclic) bond motifs is 2. The van der Waals surface area contributed by atoms with Crippen molar-refractivity contribution in [3.63, 3.8) is 0 Å². The molecule has 6 aliphatic carbocycles. The van der Waals surface area contributed by atoms with Crippen LogP contribution in [-0.4, -0.2) is 16.1 Å². The Hall–Kier alpha value is 0.434. The number of hydrogen-bond donors (Lipinski definition) is 0. The molecule has 0 aliphatic heterocycles. The van der Waals surface area contributed by atoms with Crippen LogP contribution in [0.2, 0.25) is 48.4 Å². The van der Waals surface area contributed by atoms with Crippen molar-refractivity contribution < 1.29 is 0 Å². The molecule has 0 saturated heterocycles. The molecule has 6 rings (SSSR count). The molecule has 18 atom stereocenters. The van der Waals surface area contributed by atoms with Gasteiger partial charge in [-0.2, -0.15) is 0 Å². The maximum Gasteiger partial charge on any atom is 0.0547 e. The summed E-state index contributed by atoms with van der Waals surface area (Å²) in [6.07, 6.45) is 12.7. The first-order chi connectivity index (χ1) is 21.4. The van der Waals surface area contributed by atoms with Crippen LogP contribution in [0.3, 0.4) is 0 Å². The highest BCUT2D eigenvalue weighted by Gasteiger charge is 2.63. The Labute approximate surface area is 291 Å². The van der Waals surface area contributed by atoms with Gasteiger partial charge in [-0.25, -0.2) is 0 Å². The molecule has 2 heteroatoms. The summed E-state index contributed by atoms with van der Waals surface area (Å²) in [6, 6.07) is 0. The van der Waals surface area contributed by atoms with Crippen molar-refractivity contribution in [3.05, 3.63) is 0 Å². The van der Waals surface area contributed by atoms with Gasteiger partial charge in [0.15, 0.2) is 0 Å². The molecular formula is C44H82Si2. The summed E-state index contributed by atoms with van der Waals surface area (Å²) in [7, 11) is -2.89. The monoisotopic (exact) mass is 667 g/mol. The summed E-state index contributed by atoms with van der Waals surface area (Å²) in [5, 5.41) is 0. The Kier molecular flexibility index (Phi) is 10.1. The third-order valence-electron chi connectivity index (χ3n) is 19.6. The number of hydrogen-bond acceptors (Lipinski definition) is 0. The largest absolute Gasteiger partial charge is 0.0689 e. The molecule has 18 unspecified atom stereocenters. The van der Waals surface area contributed by atoms with E-state index in [9.17, 15) is 0 Å². The van der Waals surface area contributed by atoms with E-state index in [4.69, 9.17) is 0 Å². The highest BCUT2D eigenvalue weighted by atomic mass is 28.3. The van der Waals surface area contributed by atoms with Gasteiger partial charge in [-0.1, -0.05) is 128 Å². The molecule has 0 nitrogen and oxygen atoms in total. The lowest BCUT2D eigenvalue weighted by atomic mass is 9.60. The van der Waals surface area contributed by atoms with Crippen LogP contribution in [0.25, 0.3) is 0 Å². The predicted octanol–water partition coefficient (Wildman–Crippen LogP) is 13.8. The molecule has 0 aromatic carbocycles. The van der Waals surface area contributed by atoms with E-state index < -0.39 is 16.1 Å². The van der Waals surface area contributed by atoms with Crippen LogP contribution < -0.4 is 0 Å². The van der Waals surface area contributed by atoms with Crippen molar-refractivity contribution in [1.29, 1.82) is 0 Å². The van der Waals surface area contributed by atoms with E-state index >= 15 is 0 Å². The van der Waals surface area contributed by atoms with Crippen molar-refractivity contribution in [2.45, 2.75) is 176 Å². The average molecular weight is 667 g/mol. The van der Waals surface area contributed by atoms with E-state index in [2.05, 4.69) is 102 Å². The van der Waals surface area contributed by atoms with E-state index in [1.165, 1.54) is 0 Å². The minimum atomic E-state index is -1.47. The zero-order valence-corrected chi connectivity index (χ0v) is 35.8. The average Bonchev–Trinajstić information content (AvgIpc) is 3.67. The molecular weight excluding hydrogens is 585 g/mol. The molecule has 0 N–H and O–H groups in total. The molecule has 0 bridgehead atoms. The van der Waals surface area contributed by atoms with Crippen molar-refractivity contribution in [2.24, 2.45) is 101 Å². The second kappa shape index (κ2) is 12.9. The lowest BCUT2D eigenvalue weighted by Crippen LogP contribution is -2.48. The Morgan fingerprint density at radius 2 is 0.739 bits per heavy atom. The zero-order chi connectivity index (χ0) is 33.8. The smallest absolute Gasteiger partial charge is 0.0547 e. The Morgan fingerprint density at radius 3 is 1.15 bits per heavy atom. The Morgan fingerprint density at radius 1 is 0.391 bits per heavy atom. The summed E-state index contributed by atoms with van der Waals surface area (Å²) in [5.41, 5.74) is 4.20. The van der Waals surface area contributed by atoms with E-state index in [0.29, 0.717) is 0 Å². The lowest BCUT2D eigenvalue weighted by molar-refractivity contribution is 0.0424. The fourth-order valence-electron chi connectivity index (χ4n) is 17.5. The summed E-state index contributed by atoms with van der Waals surface area (Å²) >= 11 is 0. The quantitative estimate of drug-likeness (QED) is 0.247. The minimum absolute atomic E-state index is 0.867. The minimum Gasteiger partial charge on any atom is -0.0689 e. The zero-order valence-electron chi connectivity index (χ0n) is 33.8. The molecule has 6 aliphatic rings. The molecule has 0 radical (unpaired) electrons. The molecule has 0 amide bonds. The first kappa shape index (κ1) is 36.2. The van der Waals surface area contributed by atoms with Crippen LogP contribution in [0.1, 0.15) is 128 Å². The third kappa shape index (κ3) is 5.41. The first-order valence-electron chi connectivity index (χ1n) is 21.4. The second-order valence-electron chi connectivity index (χ2n) is 21.8. The highest BCUT2D eigenvalue weighted by molar-refractivity contribution is 6.81. The van der Waals surface area contributed by atoms with Crippen molar-refractivity contribution in [3.8, 4) is 0 Å². The van der Waals surface area contributed by atoms with Crippen LogP contribution in [0.15, 0.2) is 0 Å². The lowest BCUT2D eigenvalue weighted by Gasteiger charge is -2.51. The summed E-state index contributed by atoms with van der Waals surface area (Å²) in [4.78, 5) is 0. The van der Waals surface area contributed by atoms with Gasteiger partial charge >= 0.3 is 0 Å². The van der Waals surface area contributed by atoms with Gasteiger partial charge in [0, 0.05) is 0 Å². The van der Waals surface area contributed by atoms with Gasteiger partial charge in [-0.05, 0) is 148 Å². The van der Waals surface area contributed by atoms with E-state index in [-0.39, 0.29) is 0 Å². The SMILES string of the molecule is CC(C)C1CC2C(C3CCCC4C3CC(C)C4[Si](C)(C)C3C(C)C(C)C(C)C3C)CCCC2C1[Si](C)(C)C1C(C)C(C)C(C)C1C. The Bertz CT molecular complexity index is 1030. The van der Waals surface area contributed by atoms with E-state index in [0.717, 1.165) is 123 Å². The van der Waals surface area contributed by atoms with Crippen molar-refractivity contribution in [1.82, 2.24) is 0 Å². The molecule has 6 saturated carbocycles. The molecule has 0 aromatic rings. The van der Waals surface area contributed by atoms with Gasteiger partial charge in [-0.3, -0.25) is 0 Å². The van der Waals surface area contributed by atoms with E-state index in [1.807, 2.05) is 0 Å². The normalized spacial score (nSPS) is 54.8. The van der Waals surface area contributed by atoms with Crippen molar-refractivity contribution in [2.75, 3.05) is 0 Å². The van der Waals surface area contributed by atoms with Gasteiger partial charge in [-0.15, -0.1) is 0 Å². The highest BCUT2D eigenvalue weighted by Crippen LogP contribution is 2.69. The summed E-state index contributed by atoms with van der Waals surface area (Å²) in [6.45, 7) is 40.9. The van der Waals surface area contributed by atoms with Crippen LogP contribution in [-0.2, 0) is 0 Å². The fraction of sp³-hybridized carbons (Fsp3) is 1.00. The van der Waals surface area contributed by atoms with Gasteiger partial charge in [0.1, 0.15) is 0 Å². The molecule has 0 spiro atoms. The fourth-order valence-corrected chi connectivity index (χ4v) is 31.3. The standard InChI is InChI=1S/C44H82Si2/c1-24(2)38-23-40-35(19-17-21-37(40)44(38)46(14,15)43-32(10)28(6)29(7)33(43)11)34-18-16-20-36-39(34)22-25(3)41(36)45(12,13)42-30(8)26(4)27(5)31(42)9/h24-44H,16-23H2,1-15H3. The van der Waals surface area contributed by atoms with Crippen LogP contribution in [0.4, 0.5) is 0 Å². The van der Waals surface area contributed by atoms with Crippen LogP contribution >= 0.6 is 0 Å². The molecule has 0 heterocycles. The maximum atomic E-state index is 2.93. The predicted molar refractivity (Wildman–Crippen MR) is 209 cm³/mol. The van der Waals surface area contributed by atoms with Crippen molar-refractivity contribution >= 4 is 16.1 Å². The second-order valence-corrected chi connectivity index (χ2v) is 31.8. The van der Waals surface area contributed by atoms with Gasteiger partial charge < -0.3 is 0 Å². The van der Waals surface area contributed by atoms with E-state index in [1.54, 1.807) is 51.4 Å². The van der Waals surface area contributed by atoms with Gasteiger partial charge in [0.2, 0.25) is 0 Å². The third-order valence-corrected chi connectivity index (χ3v) is 30.4. The van der Waals surface area contributed by atoms with Gasteiger partial charge in [0.25, 0.3) is 0 Å². The molecule has 46 heavy (non-hydrogen) atoms. The first-order valence-corrected chi connectivity index (χ1v) is 27.7. The Balaban J connectivity index is 1.27. The molecule has 266 valence electrons.